The van der Waals surface area contributed by atoms with Crippen LogP contribution in [-0.2, 0) is 35.1 Å². The van der Waals surface area contributed by atoms with Crippen molar-refractivity contribution < 1.29 is 44.0 Å². The number of aromatic hydroxyl groups is 1. The highest BCUT2D eigenvalue weighted by atomic mass is 35.5. The number of halogens is 2. The van der Waals surface area contributed by atoms with Crippen LogP contribution in [0.5, 0.6) is 5.75 Å². The van der Waals surface area contributed by atoms with Crippen molar-refractivity contribution >= 4 is 46.9 Å². The van der Waals surface area contributed by atoms with Crippen LogP contribution in [0.4, 0.5) is 0 Å². The topological polar surface area (TPSA) is 187 Å². The van der Waals surface area contributed by atoms with Crippen molar-refractivity contribution in [3.05, 3.63) is 87.4 Å². The van der Waals surface area contributed by atoms with E-state index in [2.05, 4.69) is 16.0 Å². The Bertz CT molecular complexity index is 1860. The van der Waals surface area contributed by atoms with Crippen LogP contribution < -0.4 is 16.0 Å². The van der Waals surface area contributed by atoms with Gasteiger partial charge in [-0.2, -0.15) is 0 Å². The third kappa shape index (κ3) is 13.8. The van der Waals surface area contributed by atoms with Crippen molar-refractivity contribution in [1.82, 2.24) is 20.9 Å². The van der Waals surface area contributed by atoms with Gasteiger partial charge < -0.3 is 45.6 Å². The minimum absolute atomic E-state index is 0.100. The van der Waals surface area contributed by atoms with E-state index in [9.17, 15) is 34.5 Å². The number of carbonyl (C=O) groups is 4. The van der Waals surface area contributed by atoms with Crippen LogP contribution in [0.15, 0.2) is 66.3 Å². The summed E-state index contributed by atoms with van der Waals surface area (Å²) >= 11 is 12.5. The first-order valence-electron chi connectivity index (χ1n) is 20.8. The summed E-state index contributed by atoms with van der Waals surface area (Å²) in [5.74, 6) is -4.38. The number of allylic oxidation sites excluding steroid dienone is 2. The molecule has 0 spiro atoms. The lowest BCUT2D eigenvalue weighted by molar-refractivity contribution is -0.162. The van der Waals surface area contributed by atoms with Crippen LogP contribution in [0, 0.1) is 17.8 Å². The standard InChI is InChI=1S/C46H66Cl2N4O9/c1-12-27(4)37-42(55)50-34(23-30-21-32(47)38(53)33(48)22-30)41(54)51-40(45(7,8)58)43(56)61-39(31-19-14-13-15-20-31)29(6)18-16-17-28(5)35(60-11)24-36(49-25-26(2)3)46(9,59)44(57)52(37)10/h13-22,26-27,29,34-37,39-40,49,53,58-59H,12,23-25H2,1-11H3,(H,50,55)(H,51,54)/b18-16+,28-17+. The van der Waals surface area contributed by atoms with Gasteiger partial charge in [-0.05, 0) is 81.3 Å². The van der Waals surface area contributed by atoms with Crippen molar-refractivity contribution in [3.63, 3.8) is 0 Å². The van der Waals surface area contributed by atoms with Crippen LogP contribution in [0.25, 0.3) is 0 Å². The highest BCUT2D eigenvalue weighted by Gasteiger charge is 2.46. The van der Waals surface area contributed by atoms with Crippen LogP contribution in [0.1, 0.15) is 92.4 Å². The lowest BCUT2D eigenvalue weighted by Crippen LogP contribution is -2.64. The Morgan fingerprint density at radius 2 is 1.66 bits per heavy atom. The zero-order valence-electron chi connectivity index (χ0n) is 37.3. The molecule has 13 nitrogen and oxygen atoms in total. The molecule has 338 valence electrons. The van der Waals surface area contributed by atoms with Crippen LogP contribution in [0.3, 0.4) is 0 Å². The smallest absolute Gasteiger partial charge is 0.332 e. The van der Waals surface area contributed by atoms with E-state index in [4.69, 9.17) is 32.7 Å². The summed E-state index contributed by atoms with van der Waals surface area (Å²) in [5.41, 5.74) is -2.11. The van der Waals surface area contributed by atoms with E-state index in [0.29, 0.717) is 24.1 Å². The molecule has 9 unspecified atom stereocenters. The van der Waals surface area contributed by atoms with Crippen LogP contribution in [0.2, 0.25) is 10.0 Å². The van der Waals surface area contributed by atoms with Gasteiger partial charge in [-0.25, -0.2) is 4.79 Å². The monoisotopic (exact) mass is 888 g/mol. The first-order chi connectivity index (χ1) is 28.4. The normalized spacial score (nSPS) is 28.8. The van der Waals surface area contributed by atoms with E-state index < -0.39 is 83.1 Å². The Labute approximate surface area is 371 Å². The third-order valence-electron chi connectivity index (χ3n) is 11.3. The zero-order valence-corrected chi connectivity index (χ0v) is 38.8. The molecule has 3 amide bonds. The molecule has 2 aromatic carbocycles. The van der Waals surface area contributed by atoms with E-state index in [-0.39, 0.29) is 34.6 Å². The number of phenolic OH excluding ortho intramolecular Hbond substituents is 1. The van der Waals surface area contributed by atoms with Crippen LogP contribution in [-0.4, -0.2) is 106 Å². The molecular formula is C46H66Cl2N4O9. The number of hydrogen-bond donors (Lipinski definition) is 6. The van der Waals surface area contributed by atoms with Gasteiger partial charge in [0.15, 0.2) is 17.4 Å². The van der Waals surface area contributed by atoms with Gasteiger partial charge in [0.1, 0.15) is 18.2 Å². The fraction of sp³-hybridized carbons (Fsp3) is 0.565. The molecule has 1 aliphatic rings. The predicted octanol–water partition coefficient (Wildman–Crippen LogP) is 6.06. The molecule has 0 saturated heterocycles. The quantitative estimate of drug-likeness (QED) is 0.153. The SMILES string of the molecule is CCC(C)C1C(=O)NC(Cc2cc(Cl)c(O)c(Cl)c2)C(=O)NC(C(C)(C)O)C(=O)OC(c2ccccc2)C(C)/C=C/C=C(\C)C(OC)CC(NCC(C)C)C(C)(O)C(=O)N1C. The second kappa shape index (κ2) is 22.4. The number of nitrogens with one attached hydrogen (secondary N) is 3. The summed E-state index contributed by atoms with van der Waals surface area (Å²) in [7, 11) is 2.99. The number of esters is 1. The lowest BCUT2D eigenvalue weighted by atomic mass is 9.86. The number of amides is 3. The number of nitrogens with zero attached hydrogens (tertiary/aromatic N) is 1. The molecule has 0 radical (unpaired) electrons. The van der Waals surface area contributed by atoms with Crippen molar-refractivity contribution in [2.75, 3.05) is 20.7 Å². The van der Waals surface area contributed by atoms with Gasteiger partial charge in [0.05, 0.1) is 21.8 Å². The Kier molecular flexibility index (Phi) is 18.9. The van der Waals surface area contributed by atoms with Crippen molar-refractivity contribution in [2.45, 2.75) is 129 Å². The second-order valence-electron chi connectivity index (χ2n) is 17.4. The van der Waals surface area contributed by atoms with E-state index >= 15 is 0 Å². The molecule has 61 heavy (non-hydrogen) atoms. The van der Waals surface area contributed by atoms with E-state index in [1.54, 1.807) is 14.0 Å². The summed E-state index contributed by atoms with van der Waals surface area (Å²) in [4.78, 5) is 59.1. The first kappa shape index (κ1) is 51.4. The molecule has 0 saturated carbocycles. The van der Waals surface area contributed by atoms with E-state index in [1.807, 2.05) is 83.2 Å². The average molecular weight is 890 g/mol. The van der Waals surface area contributed by atoms with Crippen molar-refractivity contribution in [2.24, 2.45) is 17.8 Å². The number of carbonyl (C=O) groups excluding carboxylic acids is 4. The zero-order chi connectivity index (χ0) is 46.0. The number of benzene rings is 2. The molecule has 1 heterocycles. The largest absolute Gasteiger partial charge is 0.505 e. The lowest BCUT2D eigenvalue weighted by Gasteiger charge is -2.41. The molecule has 2 aromatic rings. The number of ether oxygens (including phenoxy) is 2. The van der Waals surface area contributed by atoms with Crippen molar-refractivity contribution in [1.29, 1.82) is 0 Å². The maximum atomic E-state index is 14.6. The highest BCUT2D eigenvalue weighted by molar-refractivity contribution is 6.37. The third-order valence-corrected chi connectivity index (χ3v) is 11.9. The van der Waals surface area contributed by atoms with Gasteiger partial charge in [0.25, 0.3) is 5.91 Å². The number of rotatable bonds is 10. The molecule has 1 aliphatic heterocycles. The maximum Gasteiger partial charge on any atom is 0.332 e. The molecule has 9 atom stereocenters. The maximum absolute atomic E-state index is 14.6. The van der Waals surface area contributed by atoms with Gasteiger partial charge in [-0.1, -0.05) is 113 Å². The molecule has 15 heteroatoms. The number of aliphatic hydroxyl groups is 2. The summed E-state index contributed by atoms with van der Waals surface area (Å²) in [6, 6.07) is 6.73. The number of cyclic esters (lactones) is 1. The molecule has 3 rings (SSSR count). The minimum atomic E-state index is -2.05. The van der Waals surface area contributed by atoms with Gasteiger partial charge in [0, 0.05) is 32.5 Å². The fourth-order valence-electron chi connectivity index (χ4n) is 7.35. The molecule has 0 fully saturated rings. The number of likely N-dealkylation sites (N-methyl/N-ethyl adjacent to an activating group) is 1. The summed E-state index contributed by atoms with van der Waals surface area (Å²) < 4.78 is 12.1. The first-order valence-corrected chi connectivity index (χ1v) is 21.6. The molecular weight excluding hydrogens is 823 g/mol. The highest BCUT2D eigenvalue weighted by Crippen LogP contribution is 2.34. The molecule has 0 aliphatic carbocycles. The van der Waals surface area contributed by atoms with Gasteiger partial charge >= 0.3 is 5.97 Å². The molecule has 0 aromatic heterocycles. The second-order valence-corrected chi connectivity index (χ2v) is 18.2. The van der Waals surface area contributed by atoms with E-state index in [0.717, 1.165) is 5.57 Å². The Balaban J connectivity index is 2.29. The van der Waals surface area contributed by atoms with Crippen molar-refractivity contribution in [3.8, 4) is 5.75 Å². The molecule has 6 N–H and O–H groups in total. The number of methoxy groups -OCH3 is 1. The number of hydrogen-bond acceptors (Lipinski definition) is 10. The Morgan fingerprint density at radius 1 is 1.05 bits per heavy atom. The van der Waals surface area contributed by atoms with E-state index in [1.165, 1.54) is 44.9 Å². The Morgan fingerprint density at radius 3 is 2.20 bits per heavy atom. The average Bonchev–Trinajstić information content (AvgIpc) is 3.19. The Hall–Kier alpha value is -3.98. The fourth-order valence-corrected chi connectivity index (χ4v) is 7.89. The minimum Gasteiger partial charge on any atom is -0.505 e. The molecule has 0 bridgehead atoms. The van der Waals surface area contributed by atoms with Gasteiger partial charge in [-0.3, -0.25) is 14.4 Å². The predicted molar refractivity (Wildman–Crippen MR) is 238 cm³/mol. The van der Waals surface area contributed by atoms with Gasteiger partial charge in [-0.15, -0.1) is 0 Å². The summed E-state index contributed by atoms with van der Waals surface area (Å²) in [6.07, 6.45) is 4.51. The summed E-state index contributed by atoms with van der Waals surface area (Å²) in [5, 5.41) is 42.5. The number of phenols is 1. The van der Waals surface area contributed by atoms with Gasteiger partial charge in [0.2, 0.25) is 11.8 Å². The van der Waals surface area contributed by atoms with Crippen LogP contribution >= 0.6 is 23.2 Å². The summed E-state index contributed by atoms with van der Waals surface area (Å²) in [6.45, 7) is 16.0.